The minimum absolute atomic E-state index is 0.128. The molecule has 0 atom stereocenters. The molecular weight excluding hydrogens is 257 g/mol. The van der Waals surface area contributed by atoms with Crippen LogP contribution in [0.15, 0.2) is 24.3 Å². The Bertz CT molecular complexity index is 676. The van der Waals surface area contributed by atoms with Crippen LogP contribution in [0.5, 0.6) is 0 Å². The van der Waals surface area contributed by atoms with Crippen LogP contribution in [0.2, 0.25) is 0 Å². The molecule has 0 radical (unpaired) electrons. The van der Waals surface area contributed by atoms with Crippen molar-refractivity contribution in [1.29, 1.82) is 5.26 Å². The third kappa shape index (κ3) is 3.01. The number of rotatable bonds is 3. The number of nitrogens with zero attached hydrogens (tertiary/aromatic N) is 3. The number of nitrogen functional groups attached to an aromatic ring is 1. The molecule has 20 heavy (non-hydrogen) atoms. The smallest absolute Gasteiger partial charge is 0.136 e. The number of anilines is 3. The van der Waals surface area contributed by atoms with Crippen LogP contribution in [0.25, 0.3) is 0 Å². The Labute approximate surface area is 116 Å². The third-order valence-electron chi connectivity index (χ3n) is 2.64. The second-order valence-corrected chi connectivity index (χ2v) is 4.62. The molecule has 1 aromatic carbocycles. The molecule has 0 spiro atoms. The second kappa shape index (κ2) is 5.53. The molecule has 0 bridgehead atoms. The molecule has 2 rings (SSSR count). The number of aromatic nitrogens is 2. The van der Waals surface area contributed by atoms with Gasteiger partial charge in [-0.1, -0.05) is 13.8 Å². The zero-order valence-corrected chi connectivity index (χ0v) is 11.2. The van der Waals surface area contributed by atoms with Crippen molar-refractivity contribution in [3.8, 4) is 6.07 Å². The van der Waals surface area contributed by atoms with E-state index >= 15 is 0 Å². The first-order valence-corrected chi connectivity index (χ1v) is 6.10. The molecule has 1 heterocycles. The van der Waals surface area contributed by atoms with Gasteiger partial charge in [-0.2, -0.15) is 5.26 Å². The van der Waals surface area contributed by atoms with Crippen molar-refractivity contribution in [2.75, 3.05) is 11.1 Å². The van der Waals surface area contributed by atoms with Gasteiger partial charge in [-0.05, 0) is 18.2 Å². The molecule has 0 fully saturated rings. The summed E-state index contributed by atoms with van der Waals surface area (Å²) in [6.45, 7) is 3.91. The topological polar surface area (TPSA) is 87.6 Å². The average Bonchev–Trinajstić information content (AvgIpc) is 2.40. The maximum absolute atomic E-state index is 13.1. The Hall–Kier alpha value is -2.68. The Morgan fingerprint density at radius 3 is 2.70 bits per heavy atom. The lowest BCUT2D eigenvalue weighted by molar-refractivity contribution is 0.627. The molecular formula is C14H14FN5. The number of benzene rings is 1. The molecule has 0 amide bonds. The van der Waals surface area contributed by atoms with E-state index in [4.69, 9.17) is 11.0 Å². The van der Waals surface area contributed by atoms with Gasteiger partial charge in [0.2, 0.25) is 0 Å². The molecule has 5 nitrogen and oxygen atoms in total. The lowest BCUT2D eigenvalue weighted by Crippen LogP contribution is -2.05. The minimum Gasteiger partial charge on any atom is -0.384 e. The van der Waals surface area contributed by atoms with Crippen LogP contribution in [0.1, 0.15) is 31.2 Å². The van der Waals surface area contributed by atoms with Crippen molar-refractivity contribution in [2.24, 2.45) is 0 Å². The van der Waals surface area contributed by atoms with Gasteiger partial charge in [0.15, 0.2) is 0 Å². The first-order chi connectivity index (χ1) is 9.49. The summed E-state index contributed by atoms with van der Waals surface area (Å²) in [5.74, 6) is 1.09. The summed E-state index contributed by atoms with van der Waals surface area (Å²) in [6, 6.07) is 7.42. The Kier molecular flexibility index (Phi) is 3.80. The Morgan fingerprint density at radius 2 is 2.05 bits per heavy atom. The highest BCUT2D eigenvalue weighted by molar-refractivity contribution is 5.65. The molecule has 6 heteroatoms. The van der Waals surface area contributed by atoms with Crippen LogP contribution in [-0.2, 0) is 0 Å². The van der Waals surface area contributed by atoms with Gasteiger partial charge in [0, 0.05) is 12.0 Å². The van der Waals surface area contributed by atoms with Gasteiger partial charge < -0.3 is 11.1 Å². The fourth-order valence-corrected chi connectivity index (χ4v) is 1.66. The highest BCUT2D eigenvalue weighted by atomic mass is 19.1. The summed E-state index contributed by atoms with van der Waals surface area (Å²) in [5, 5.41) is 12.0. The summed E-state index contributed by atoms with van der Waals surface area (Å²) >= 11 is 0. The van der Waals surface area contributed by atoms with Crippen molar-refractivity contribution < 1.29 is 4.39 Å². The molecule has 0 saturated carbocycles. The molecule has 0 aliphatic rings. The first kappa shape index (κ1) is 13.7. The number of halogens is 1. The largest absolute Gasteiger partial charge is 0.384 e. The maximum atomic E-state index is 13.1. The van der Waals surface area contributed by atoms with Crippen LogP contribution < -0.4 is 11.1 Å². The standard InChI is InChI=1S/C14H14FN5/c1-8(2)14-19-12(17)6-13(20-14)18-11-4-3-10(15)5-9(11)7-16/h3-6,8H,1-2H3,(H3,17,18,19,20). The molecule has 3 N–H and O–H groups in total. The van der Waals surface area contributed by atoms with E-state index in [0.717, 1.165) is 6.07 Å². The highest BCUT2D eigenvalue weighted by Crippen LogP contribution is 2.22. The minimum atomic E-state index is -0.461. The Balaban J connectivity index is 2.38. The van der Waals surface area contributed by atoms with Crippen molar-refractivity contribution in [1.82, 2.24) is 9.97 Å². The van der Waals surface area contributed by atoms with Crippen molar-refractivity contribution in [2.45, 2.75) is 19.8 Å². The van der Waals surface area contributed by atoms with Gasteiger partial charge in [0.05, 0.1) is 11.3 Å². The van der Waals surface area contributed by atoms with Crippen LogP contribution in [0.3, 0.4) is 0 Å². The second-order valence-electron chi connectivity index (χ2n) is 4.62. The zero-order valence-electron chi connectivity index (χ0n) is 11.2. The van der Waals surface area contributed by atoms with Gasteiger partial charge in [-0.3, -0.25) is 0 Å². The van der Waals surface area contributed by atoms with Gasteiger partial charge in [0.1, 0.15) is 29.3 Å². The number of nitrogens with two attached hydrogens (primary N) is 1. The number of nitriles is 1. The summed E-state index contributed by atoms with van der Waals surface area (Å²) in [5.41, 5.74) is 6.41. The molecule has 0 aliphatic carbocycles. The van der Waals surface area contributed by atoms with Crippen LogP contribution >= 0.6 is 0 Å². The average molecular weight is 271 g/mol. The maximum Gasteiger partial charge on any atom is 0.136 e. The monoisotopic (exact) mass is 271 g/mol. The molecule has 2 aromatic rings. The number of hydrogen-bond acceptors (Lipinski definition) is 5. The quantitative estimate of drug-likeness (QED) is 0.896. The summed E-state index contributed by atoms with van der Waals surface area (Å²) < 4.78 is 13.1. The summed E-state index contributed by atoms with van der Waals surface area (Å²) in [6.07, 6.45) is 0. The van der Waals surface area contributed by atoms with Crippen molar-refractivity contribution in [3.63, 3.8) is 0 Å². The van der Waals surface area contributed by atoms with Gasteiger partial charge >= 0.3 is 0 Å². The lowest BCUT2D eigenvalue weighted by Gasteiger charge is -2.11. The third-order valence-corrected chi connectivity index (χ3v) is 2.64. The number of hydrogen-bond donors (Lipinski definition) is 2. The normalized spacial score (nSPS) is 10.3. The van der Waals surface area contributed by atoms with E-state index in [0.29, 0.717) is 23.1 Å². The highest BCUT2D eigenvalue weighted by Gasteiger charge is 2.09. The molecule has 0 saturated heterocycles. The zero-order chi connectivity index (χ0) is 14.7. The first-order valence-electron chi connectivity index (χ1n) is 6.10. The van der Waals surface area contributed by atoms with E-state index in [2.05, 4.69) is 15.3 Å². The predicted molar refractivity (Wildman–Crippen MR) is 74.9 cm³/mol. The van der Waals surface area contributed by atoms with Gasteiger partial charge in [-0.25, -0.2) is 14.4 Å². The van der Waals surface area contributed by atoms with E-state index in [-0.39, 0.29) is 11.5 Å². The van der Waals surface area contributed by atoms with Gasteiger partial charge in [-0.15, -0.1) is 0 Å². The van der Waals surface area contributed by atoms with Crippen LogP contribution in [0.4, 0.5) is 21.7 Å². The lowest BCUT2D eigenvalue weighted by atomic mass is 10.2. The molecule has 0 unspecified atom stereocenters. The Morgan fingerprint density at radius 1 is 1.30 bits per heavy atom. The van der Waals surface area contributed by atoms with Crippen LogP contribution in [0, 0.1) is 17.1 Å². The van der Waals surface area contributed by atoms with Crippen molar-refractivity contribution in [3.05, 3.63) is 41.5 Å². The molecule has 1 aromatic heterocycles. The van der Waals surface area contributed by atoms with E-state index in [1.54, 1.807) is 6.07 Å². The fourth-order valence-electron chi connectivity index (χ4n) is 1.66. The molecule has 102 valence electrons. The molecule has 0 aliphatic heterocycles. The predicted octanol–water partition coefficient (Wildman–Crippen LogP) is 2.94. The van der Waals surface area contributed by atoms with Crippen LogP contribution in [-0.4, -0.2) is 9.97 Å². The summed E-state index contributed by atoms with van der Waals surface area (Å²) in [4.78, 5) is 8.45. The van der Waals surface area contributed by atoms with E-state index < -0.39 is 5.82 Å². The van der Waals surface area contributed by atoms with E-state index in [1.165, 1.54) is 12.1 Å². The summed E-state index contributed by atoms with van der Waals surface area (Å²) in [7, 11) is 0. The van der Waals surface area contributed by atoms with E-state index in [9.17, 15) is 4.39 Å². The van der Waals surface area contributed by atoms with E-state index in [1.807, 2.05) is 19.9 Å². The number of nitrogens with one attached hydrogen (secondary N) is 1. The van der Waals surface area contributed by atoms with Crippen molar-refractivity contribution >= 4 is 17.3 Å². The van der Waals surface area contributed by atoms with Gasteiger partial charge in [0.25, 0.3) is 0 Å². The SMILES string of the molecule is CC(C)c1nc(N)cc(Nc2ccc(F)cc2C#N)n1. The fraction of sp³-hybridized carbons (Fsp3) is 0.214.